The molecule has 80 valence electrons. The predicted molar refractivity (Wildman–Crippen MR) is 62.9 cm³/mol. The fourth-order valence-corrected chi connectivity index (χ4v) is 1.81. The van der Waals surface area contributed by atoms with Crippen LogP contribution in [-0.4, -0.2) is 25.3 Å². The molecule has 4 nitrogen and oxygen atoms in total. The molecule has 2 rings (SSSR count). The smallest absolute Gasteiger partial charge is 0.407 e. The summed E-state index contributed by atoms with van der Waals surface area (Å²) in [5, 5.41) is 2.58. The lowest BCUT2D eigenvalue weighted by Crippen LogP contribution is -2.22. The number of carbonyl (C=O) groups is 1. The normalized spacial score (nSPS) is 19.5. The summed E-state index contributed by atoms with van der Waals surface area (Å²) in [4.78, 5) is 10.7. The summed E-state index contributed by atoms with van der Waals surface area (Å²) in [6, 6.07) is 7.73. The van der Waals surface area contributed by atoms with E-state index in [-0.39, 0.29) is 12.2 Å². The Kier molecular flexibility index (Phi) is 3.30. The van der Waals surface area contributed by atoms with Gasteiger partial charge < -0.3 is 14.8 Å². The number of rotatable bonds is 3. The van der Waals surface area contributed by atoms with Crippen molar-refractivity contribution < 1.29 is 14.3 Å². The molecule has 1 amide bonds. The van der Waals surface area contributed by atoms with Crippen molar-refractivity contribution >= 4 is 28.7 Å². The van der Waals surface area contributed by atoms with Gasteiger partial charge in [-0.25, -0.2) is 4.79 Å². The molecule has 0 aromatic heterocycles. The largest absolute Gasteiger partial charge is 0.489 e. The van der Waals surface area contributed by atoms with Crippen molar-refractivity contribution in [2.45, 2.75) is 6.10 Å². The second kappa shape index (κ2) is 4.69. The summed E-state index contributed by atoms with van der Waals surface area (Å²) in [6.07, 6.45) is -0.556. The van der Waals surface area contributed by atoms with Gasteiger partial charge in [-0.1, -0.05) is 12.1 Å². The van der Waals surface area contributed by atoms with Gasteiger partial charge in [-0.3, -0.25) is 0 Å². The van der Waals surface area contributed by atoms with Crippen molar-refractivity contribution in [3.63, 3.8) is 0 Å². The summed E-state index contributed by atoms with van der Waals surface area (Å²) < 4.78 is 11.5. The lowest BCUT2D eigenvalue weighted by atomic mass is 10.3. The first kappa shape index (κ1) is 10.5. The molecule has 1 fully saturated rings. The fourth-order valence-electron chi connectivity index (χ4n) is 1.27. The van der Waals surface area contributed by atoms with Crippen LogP contribution in [0.2, 0.25) is 0 Å². The van der Waals surface area contributed by atoms with Crippen LogP contribution >= 0.6 is 22.6 Å². The van der Waals surface area contributed by atoms with Crippen molar-refractivity contribution in [3.8, 4) is 5.75 Å². The molecular weight excluding hydrogens is 309 g/mol. The zero-order chi connectivity index (χ0) is 10.7. The van der Waals surface area contributed by atoms with E-state index >= 15 is 0 Å². The first-order valence-electron chi connectivity index (χ1n) is 4.57. The summed E-state index contributed by atoms with van der Waals surface area (Å²) in [7, 11) is 0. The van der Waals surface area contributed by atoms with Crippen molar-refractivity contribution in [2.24, 2.45) is 0 Å². The number of alkyl carbamates (subject to hydrolysis) is 1. The van der Waals surface area contributed by atoms with Crippen molar-refractivity contribution in [3.05, 3.63) is 27.8 Å². The number of hydrogen-bond acceptors (Lipinski definition) is 3. The minimum atomic E-state index is -0.369. The summed E-state index contributed by atoms with van der Waals surface area (Å²) in [6.45, 7) is 0.904. The minimum absolute atomic E-state index is 0.187. The van der Waals surface area contributed by atoms with Gasteiger partial charge in [0.25, 0.3) is 0 Å². The Morgan fingerprint density at radius 1 is 1.53 bits per heavy atom. The van der Waals surface area contributed by atoms with Crippen LogP contribution in [0.4, 0.5) is 4.79 Å². The van der Waals surface area contributed by atoms with Gasteiger partial charge in [-0.2, -0.15) is 0 Å². The zero-order valence-electron chi connectivity index (χ0n) is 7.90. The Balaban J connectivity index is 1.88. The highest BCUT2D eigenvalue weighted by Crippen LogP contribution is 2.20. The number of benzene rings is 1. The summed E-state index contributed by atoms with van der Waals surface area (Å²) in [5.41, 5.74) is 0. The van der Waals surface area contributed by atoms with E-state index in [9.17, 15) is 4.79 Å². The van der Waals surface area contributed by atoms with Gasteiger partial charge in [-0.15, -0.1) is 0 Å². The van der Waals surface area contributed by atoms with Gasteiger partial charge in [0, 0.05) is 0 Å². The Labute approximate surface area is 101 Å². The molecule has 1 aliphatic rings. The van der Waals surface area contributed by atoms with E-state index in [1.54, 1.807) is 0 Å². The van der Waals surface area contributed by atoms with Gasteiger partial charge in [0.2, 0.25) is 0 Å². The van der Waals surface area contributed by atoms with E-state index in [0.29, 0.717) is 13.2 Å². The first-order valence-corrected chi connectivity index (χ1v) is 5.65. The number of cyclic esters (lactones) is 1. The van der Waals surface area contributed by atoms with E-state index in [2.05, 4.69) is 27.9 Å². The topological polar surface area (TPSA) is 47.6 Å². The Morgan fingerprint density at radius 2 is 2.33 bits per heavy atom. The molecule has 0 aliphatic carbocycles. The molecule has 1 saturated heterocycles. The molecule has 0 bridgehead atoms. The predicted octanol–water partition coefficient (Wildman–Crippen LogP) is 1.78. The molecule has 1 N–H and O–H groups in total. The molecule has 5 heteroatoms. The zero-order valence-corrected chi connectivity index (χ0v) is 10.1. The lowest BCUT2D eigenvalue weighted by molar-refractivity contribution is 0.104. The quantitative estimate of drug-likeness (QED) is 0.864. The van der Waals surface area contributed by atoms with E-state index < -0.39 is 0 Å². The molecule has 0 spiro atoms. The molecule has 0 radical (unpaired) electrons. The Bertz CT molecular complexity index is 369. The monoisotopic (exact) mass is 319 g/mol. The number of hydrogen-bond donors (Lipinski definition) is 1. The lowest BCUT2D eigenvalue weighted by Gasteiger charge is -2.11. The highest BCUT2D eigenvalue weighted by Gasteiger charge is 2.22. The number of halogens is 1. The number of carbonyl (C=O) groups excluding carboxylic acids is 1. The minimum Gasteiger partial charge on any atom is -0.489 e. The molecule has 1 heterocycles. The van der Waals surface area contributed by atoms with Crippen LogP contribution in [-0.2, 0) is 4.74 Å². The maximum absolute atomic E-state index is 10.7. The van der Waals surface area contributed by atoms with Gasteiger partial charge >= 0.3 is 6.09 Å². The van der Waals surface area contributed by atoms with Crippen LogP contribution in [0.1, 0.15) is 0 Å². The number of nitrogens with one attached hydrogen (secondary N) is 1. The van der Waals surface area contributed by atoms with Gasteiger partial charge in [0.15, 0.2) is 6.10 Å². The molecule has 1 aromatic carbocycles. The molecule has 15 heavy (non-hydrogen) atoms. The standard InChI is InChI=1S/C10H10INO3/c11-8-3-1-2-4-9(8)14-6-7-5-12-10(13)15-7/h1-4,7H,5-6H2,(H,12,13). The maximum Gasteiger partial charge on any atom is 0.407 e. The SMILES string of the molecule is O=C1NCC(COc2ccccc2I)O1. The van der Waals surface area contributed by atoms with Crippen molar-refractivity contribution in [2.75, 3.05) is 13.2 Å². The fraction of sp³-hybridized carbons (Fsp3) is 0.300. The first-order chi connectivity index (χ1) is 7.25. The van der Waals surface area contributed by atoms with E-state index in [1.165, 1.54) is 0 Å². The van der Waals surface area contributed by atoms with E-state index in [1.807, 2.05) is 24.3 Å². The average molecular weight is 319 g/mol. The van der Waals surface area contributed by atoms with Crippen LogP contribution in [0, 0.1) is 3.57 Å². The Morgan fingerprint density at radius 3 is 3.00 bits per heavy atom. The van der Waals surface area contributed by atoms with E-state index in [4.69, 9.17) is 9.47 Å². The Hall–Kier alpha value is -0.980. The van der Waals surface area contributed by atoms with Crippen molar-refractivity contribution in [1.82, 2.24) is 5.32 Å². The second-order valence-electron chi connectivity index (χ2n) is 3.15. The maximum atomic E-state index is 10.7. The van der Waals surface area contributed by atoms with Gasteiger partial charge in [0.1, 0.15) is 12.4 Å². The second-order valence-corrected chi connectivity index (χ2v) is 4.31. The van der Waals surface area contributed by atoms with Crippen LogP contribution in [0.5, 0.6) is 5.75 Å². The highest BCUT2D eigenvalue weighted by molar-refractivity contribution is 14.1. The summed E-state index contributed by atoms with van der Waals surface area (Å²) in [5.74, 6) is 0.820. The molecule has 1 atom stereocenters. The third kappa shape index (κ3) is 2.74. The van der Waals surface area contributed by atoms with Crippen LogP contribution in [0.15, 0.2) is 24.3 Å². The number of ether oxygens (including phenoxy) is 2. The molecular formula is C10H10INO3. The van der Waals surface area contributed by atoms with Crippen LogP contribution < -0.4 is 10.1 Å². The molecule has 1 aromatic rings. The third-order valence-corrected chi connectivity index (χ3v) is 2.90. The summed E-state index contributed by atoms with van der Waals surface area (Å²) >= 11 is 2.20. The third-order valence-electron chi connectivity index (χ3n) is 2.01. The number of para-hydroxylation sites is 1. The highest BCUT2D eigenvalue weighted by atomic mass is 127. The molecule has 1 aliphatic heterocycles. The van der Waals surface area contributed by atoms with Crippen LogP contribution in [0.3, 0.4) is 0 Å². The number of amides is 1. The molecule has 1 unspecified atom stereocenters. The average Bonchev–Trinajstić information content (AvgIpc) is 2.63. The van der Waals surface area contributed by atoms with Crippen molar-refractivity contribution in [1.29, 1.82) is 0 Å². The van der Waals surface area contributed by atoms with E-state index in [0.717, 1.165) is 9.32 Å². The van der Waals surface area contributed by atoms with Crippen LogP contribution in [0.25, 0.3) is 0 Å². The molecule has 0 saturated carbocycles. The van der Waals surface area contributed by atoms with Gasteiger partial charge in [-0.05, 0) is 34.7 Å². The van der Waals surface area contributed by atoms with Gasteiger partial charge in [0.05, 0.1) is 10.1 Å².